The highest BCUT2D eigenvalue weighted by molar-refractivity contribution is 5.97. The van der Waals surface area contributed by atoms with E-state index < -0.39 is 29.2 Å². The number of rotatable bonds is 5. The molecule has 0 radical (unpaired) electrons. The Morgan fingerprint density at radius 2 is 1.79 bits per heavy atom. The van der Waals surface area contributed by atoms with Gasteiger partial charge in [-0.15, -0.1) is 0 Å². The molecule has 0 saturated heterocycles. The van der Waals surface area contributed by atoms with E-state index in [2.05, 4.69) is 10.6 Å². The molecule has 2 amide bonds. The normalized spacial score (nSPS) is 14.2. The van der Waals surface area contributed by atoms with Crippen LogP contribution >= 0.6 is 0 Å². The van der Waals surface area contributed by atoms with Gasteiger partial charge in [-0.2, -0.15) is 13.2 Å². The van der Waals surface area contributed by atoms with E-state index in [1.807, 2.05) is 0 Å². The van der Waals surface area contributed by atoms with Crippen molar-refractivity contribution in [1.82, 2.24) is 5.32 Å². The third kappa shape index (κ3) is 5.52. The largest absolute Gasteiger partial charge is 0.416 e. The minimum absolute atomic E-state index is 0.116. The summed E-state index contributed by atoms with van der Waals surface area (Å²) >= 11 is 0. The molecule has 0 spiro atoms. The van der Waals surface area contributed by atoms with Crippen LogP contribution in [-0.4, -0.2) is 29.1 Å². The minimum atomic E-state index is -4.66. The van der Waals surface area contributed by atoms with E-state index in [1.165, 1.54) is 6.92 Å². The van der Waals surface area contributed by atoms with Crippen molar-refractivity contribution in [2.75, 3.05) is 11.9 Å². The summed E-state index contributed by atoms with van der Waals surface area (Å²) in [5.74, 6) is -1.48. The summed E-state index contributed by atoms with van der Waals surface area (Å²) in [6.07, 6.45) is -4.66. The predicted octanol–water partition coefficient (Wildman–Crippen LogP) is 2.80. The summed E-state index contributed by atoms with van der Waals surface area (Å²) in [5.41, 5.74) is -2.63. The maximum atomic E-state index is 12.9. The molecule has 0 bridgehead atoms. The number of hydrogen-bond donors (Lipinski definition) is 3. The molecule has 1 unspecified atom stereocenters. The molecule has 1 aromatic rings. The number of carbonyl (C=O) groups is 2. The van der Waals surface area contributed by atoms with Crippen LogP contribution in [0.1, 0.15) is 43.6 Å². The molecular formula is C16H21F3N2O3. The van der Waals surface area contributed by atoms with E-state index in [0.717, 1.165) is 19.1 Å². The molecule has 0 fully saturated rings. The molecule has 0 heterocycles. The molecular weight excluding hydrogens is 325 g/mol. The Morgan fingerprint density at radius 3 is 2.25 bits per heavy atom. The number of alkyl halides is 3. The van der Waals surface area contributed by atoms with Gasteiger partial charge in [0.15, 0.2) is 0 Å². The van der Waals surface area contributed by atoms with E-state index in [4.69, 9.17) is 0 Å². The van der Waals surface area contributed by atoms with Gasteiger partial charge in [0.05, 0.1) is 11.2 Å². The molecule has 1 rings (SSSR count). The Hall–Kier alpha value is -2.09. The number of hydrogen-bond acceptors (Lipinski definition) is 3. The van der Waals surface area contributed by atoms with Crippen LogP contribution in [0, 0.1) is 5.92 Å². The second-order valence-corrected chi connectivity index (χ2v) is 6.17. The van der Waals surface area contributed by atoms with Crippen LogP contribution in [0.2, 0.25) is 0 Å². The molecule has 134 valence electrons. The van der Waals surface area contributed by atoms with Crippen LogP contribution in [0.5, 0.6) is 0 Å². The summed E-state index contributed by atoms with van der Waals surface area (Å²) in [7, 11) is 0. The van der Waals surface area contributed by atoms with Gasteiger partial charge in [-0.25, -0.2) is 0 Å². The molecule has 1 aromatic carbocycles. The molecule has 24 heavy (non-hydrogen) atoms. The van der Waals surface area contributed by atoms with Crippen LogP contribution < -0.4 is 10.6 Å². The van der Waals surface area contributed by atoms with Crippen LogP contribution in [0.25, 0.3) is 0 Å². The van der Waals surface area contributed by atoms with Crippen molar-refractivity contribution >= 4 is 17.5 Å². The molecule has 0 aromatic heterocycles. The van der Waals surface area contributed by atoms with E-state index in [0.29, 0.717) is 6.07 Å². The number of anilines is 1. The fourth-order valence-electron chi connectivity index (χ4n) is 1.76. The average Bonchev–Trinajstić information content (AvgIpc) is 2.42. The van der Waals surface area contributed by atoms with Gasteiger partial charge in [-0.05, 0) is 31.0 Å². The number of carbonyl (C=O) groups excluding carboxylic acids is 2. The van der Waals surface area contributed by atoms with Crippen molar-refractivity contribution in [1.29, 1.82) is 0 Å². The SMILES string of the molecule is CC(=O)Nc1cc(C(=O)NCC(C)(O)C(C)C)cc(C(F)(F)F)c1. The molecule has 0 aliphatic heterocycles. The summed E-state index contributed by atoms with van der Waals surface area (Å²) in [6.45, 7) is 6.07. The third-order valence-electron chi connectivity index (χ3n) is 3.69. The molecule has 3 N–H and O–H groups in total. The van der Waals surface area contributed by atoms with Gasteiger partial charge >= 0.3 is 6.18 Å². The zero-order chi connectivity index (χ0) is 18.7. The average molecular weight is 346 g/mol. The highest BCUT2D eigenvalue weighted by Crippen LogP contribution is 2.32. The zero-order valence-corrected chi connectivity index (χ0v) is 13.9. The van der Waals surface area contributed by atoms with Gasteiger partial charge in [-0.3, -0.25) is 9.59 Å². The Kier molecular flexibility index (Phi) is 5.99. The van der Waals surface area contributed by atoms with E-state index in [9.17, 15) is 27.9 Å². The van der Waals surface area contributed by atoms with Crippen molar-refractivity contribution in [2.45, 2.75) is 39.5 Å². The van der Waals surface area contributed by atoms with Gasteiger partial charge in [0.25, 0.3) is 5.91 Å². The predicted molar refractivity (Wildman–Crippen MR) is 83.5 cm³/mol. The van der Waals surface area contributed by atoms with Crippen LogP contribution in [0.4, 0.5) is 18.9 Å². The molecule has 1 atom stereocenters. The Balaban J connectivity index is 3.08. The first-order chi connectivity index (χ1) is 10.8. The monoisotopic (exact) mass is 346 g/mol. The lowest BCUT2D eigenvalue weighted by molar-refractivity contribution is -0.137. The Labute approximate surface area is 138 Å². The van der Waals surface area contributed by atoms with Crippen molar-refractivity contribution in [3.05, 3.63) is 29.3 Å². The van der Waals surface area contributed by atoms with Gasteiger partial charge in [0, 0.05) is 24.7 Å². The summed E-state index contributed by atoms with van der Waals surface area (Å²) < 4.78 is 38.8. The first-order valence-electron chi connectivity index (χ1n) is 7.33. The molecule has 5 nitrogen and oxygen atoms in total. The third-order valence-corrected chi connectivity index (χ3v) is 3.69. The number of amides is 2. The fraction of sp³-hybridized carbons (Fsp3) is 0.500. The zero-order valence-electron chi connectivity index (χ0n) is 13.9. The lowest BCUT2D eigenvalue weighted by atomic mass is 9.92. The van der Waals surface area contributed by atoms with Crippen molar-refractivity contribution in [3.8, 4) is 0 Å². The minimum Gasteiger partial charge on any atom is -0.388 e. The smallest absolute Gasteiger partial charge is 0.388 e. The number of benzene rings is 1. The van der Waals surface area contributed by atoms with Crippen LogP contribution in [0.3, 0.4) is 0 Å². The lowest BCUT2D eigenvalue weighted by Crippen LogP contribution is -2.44. The first kappa shape index (κ1) is 20.0. The highest BCUT2D eigenvalue weighted by atomic mass is 19.4. The maximum Gasteiger partial charge on any atom is 0.416 e. The van der Waals surface area contributed by atoms with Crippen molar-refractivity contribution < 1.29 is 27.9 Å². The Morgan fingerprint density at radius 1 is 1.21 bits per heavy atom. The second-order valence-electron chi connectivity index (χ2n) is 6.17. The van der Waals surface area contributed by atoms with E-state index >= 15 is 0 Å². The lowest BCUT2D eigenvalue weighted by Gasteiger charge is -2.27. The second kappa shape index (κ2) is 7.21. The molecule has 0 saturated carbocycles. The van der Waals surface area contributed by atoms with E-state index in [-0.39, 0.29) is 23.7 Å². The number of halogens is 3. The number of aliphatic hydroxyl groups is 1. The number of nitrogens with one attached hydrogen (secondary N) is 2. The molecule has 8 heteroatoms. The standard InChI is InChI=1S/C16H21F3N2O3/c1-9(2)15(4,24)8-20-14(23)11-5-12(16(17,18)19)7-13(6-11)21-10(3)22/h5-7,9,24H,8H2,1-4H3,(H,20,23)(H,21,22). The molecule has 0 aliphatic rings. The topological polar surface area (TPSA) is 78.4 Å². The summed E-state index contributed by atoms with van der Waals surface area (Å²) in [6, 6.07) is 2.60. The summed E-state index contributed by atoms with van der Waals surface area (Å²) in [4.78, 5) is 23.2. The van der Waals surface area contributed by atoms with Gasteiger partial charge in [0.1, 0.15) is 0 Å². The Bertz CT molecular complexity index is 625. The highest BCUT2D eigenvalue weighted by Gasteiger charge is 2.32. The van der Waals surface area contributed by atoms with Gasteiger partial charge in [-0.1, -0.05) is 13.8 Å². The van der Waals surface area contributed by atoms with Crippen LogP contribution in [0.15, 0.2) is 18.2 Å². The quantitative estimate of drug-likeness (QED) is 0.767. The van der Waals surface area contributed by atoms with Crippen molar-refractivity contribution in [3.63, 3.8) is 0 Å². The molecule has 0 aliphatic carbocycles. The van der Waals surface area contributed by atoms with Crippen LogP contribution in [-0.2, 0) is 11.0 Å². The maximum absolute atomic E-state index is 12.9. The van der Waals surface area contributed by atoms with Gasteiger partial charge in [0.2, 0.25) is 5.91 Å². The summed E-state index contributed by atoms with van der Waals surface area (Å²) in [5, 5.41) is 14.7. The fourth-order valence-corrected chi connectivity index (χ4v) is 1.76. The van der Waals surface area contributed by atoms with E-state index in [1.54, 1.807) is 13.8 Å². The first-order valence-corrected chi connectivity index (χ1v) is 7.33. The van der Waals surface area contributed by atoms with Crippen molar-refractivity contribution in [2.24, 2.45) is 5.92 Å². The van der Waals surface area contributed by atoms with Gasteiger partial charge < -0.3 is 15.7 Å².